The quantitative estimate of drug-likeness (QED) is 0.878. The molecule has 1 aromatic heterocycles. The van der Waals surface area contributed by atoms with E-state index >= 15 is 0 Å². The number of carbonyl (C=O) groups is 1. The number of nitrogens with zero attached hydrogens (tertiary/aromatic N) is 1. The van der Waals surface area contributed by atoms with Crippen molar-refractivity contribution in [3.63, 3.8) is 0 Å². The van der Waals surface area contributed by atoms with Crippen molar-refractivity contribution in [1.29, 1.82) is 0 Å². The van der Waals surface area contributed by atoms with Crippen molar-refractivity contribution in [3.05, 3.63) is 22.4 Å². The highest BCUT2D eigenvalue weighted by Gasteiger charge is 2.31. The maximum absolute atomic E-state index is 12.1. The highest BCUT2D eigenvalue weighted by atomic mass is 32.1. The third kappa shape index (κ3) is 3.06. The average Bonchev–Trinajstić information content (AvgIpc) is 2.98. The minimum absolute atomic E-state index is 0.0547. The molecule has 0 bridgehead atoms. The Morgan fingerprint density at radius 2 is 2.47 bits per heavy atom. The lowest BCUT2D eigenvalue weighted by Gasteiger charge is -2.20. The number of ether oxygens (including phenoxy) is 1. The number of likely N-dealkylation sites (N-methyl/N-ethyl adjacent to an activating group) is 1. The van der Waals surface area contributed by atoms with Gasteiger partial charge >= 0.3 is 0 Å². The lowest BCUT2D eigenvalue weighted by atomic mass is 10.2. The SMILES string of the molecule is CN(Cc1cccs1)C(=O)[C@@H]1CC[C@H](CN)O1. The topological polar surface area (TPSA) is 55.6 Å². The predicted octanol–water partition coefficient (Wildman–Crippen LogP) is 1.21. The summed E-state index contributed by atoms with van der Waals surface area (Å²) in [5.74, 6) is 0.0642. The van der Waals surface area contributed by atoms with Gasteiger partial charge in [-0.3, -0.25) is 4.79 Å². The van der Waals surface area contributed by atoms with Crippen LogP contribution in [0.5, 0.6) is 0 Å². The van der Waals surface area contributed by atoms with E-state index in [-0.39, 0.29) is 18.1 Å². The molecule has 0 spiro atoms. The Morgan fingerprint density at radius 1 is 1.65 bits per heavy atom. The number of hydrogen-bond acceptors (Lipinski definition) is 4. The maximum Gasteiger partial charge on any atom is 0.251 e. The second-order valence-corrected chi connectivity index (χ2v) is 5.37. The summed E-state index contributed by atoms with van der Waals surface area (Å²) in [4.78, 5) is 15.0. The molecule has 17 heavy (non-hydrogen) atoms. The summed E-state index contributed by atoms with van der Waals surface area (Å²) in [6.07, 6.45) is 1.43. The van der Waals surface area contributed by atoms with Gasteiger partial charge in [0.25, 0.3) is 5.91 Å². The van der Waals surface area contributed by atoms with E-state index in [0.29, 0.717) is 13.1 Å². The Labute approximate surface area is 105 Å². The Morgan fingerprint density at radius 3 is 3.06 bits per heavy atom. The molecular formula is C12H18N2O2S. The normalized spacial score (nSPS) is 23.9. The molecule has 5 heteroatoms. The van der Waals surface area contributed by atoms with Gasteiger partial charge in [0.05, 0.1) is 12.6 Å². The first-order valence-corrected chi connectivity index (χ1v) is 6.71. The van der Waals surface area contributed by atoms with E-state index in [2.05, 4.69) is 0 Å². The maximum atomic E-state index is 12.1. The van der Waals surface area contributed by atoms with Crippen molar-refractivity contribution in [2.45, 2.75) is 31.6 Å². The summed E-state index contributed by atoms with van der Waals surface area (Å²) in [5, 5.41) is 2.02. The van der Waals surface area contributed by atoms with Gasteiger partial charge in [0.2, 0.25) is 0 Å². The molecule has 2 rings (SSSR count). The molecule has 2 atom stereocenters. The Hall–Kier alpha value is -0.910. The molecule has 2 N–H and O–H groups in total. The zero-order chi connectivity index (χ0) is 12.3. The number of amides is 1. The summed E-state index contributed by atoms with van der Waals surface area (Å²) in [7, 11) is 1.82. The lowest BCUT2D eigenvalue weighted by Crippen LogP contribution is -2.36. The van der Waals surface area contributed by atoms with Crippen molar-refractivity contribution in [1.82, 2.24) is 4.90 Å². The van der Waals surface area contributed by atoms with Crippen molar-refractivity contribution in [3.8, 4) is 0 Å². The van der Waals surface area contributed by atoms with Crippen LogP contribution in [0.25, 0.3) is 0 Å². The molecule has 4 nitrogen and oxygen atoms in total. The van der Waals surface area contributed by atoms with E-state index in [9.17, 15) is 4.79 Å². The Balaban J connectivity index is 1.87. The highest BCUT2D eigenvalue weighted by Crippen LogP contribution is 2.21. The van der Waals surface area contributed by atoms with Gasteiger partial charge in [-0.1, -0.05) is 6.07 Å². The number of carbonyl (C=O) groups excluding carboxylic acids is 1. The third-order valence-corrected chi connectivity index (χ3v) is 3.86. The number of rotatable bonds is 4. The molecule has 0 saturated carbocycles. The number of nitrogens with two attached hydrogens (primary N) is 1. The Bertz CT molecular complexity index is 367. The summed E-state index contributed by atoms with van der Waals surface area (Å²) in [6.45, 7) is 1.15. The molecule has 0 unspecified atom stereocenters. The lowest BCUT2D eigenvalue weighted by molar-refractivity contribution is -0.141. The fourth-order valence-electron chi connectivity index (χ4n) is 2.02. The summed E-state index contributed by atoms with van der Waals surface area (Å²) < 4.78 is 5.60. The summed E-state index contributed by atoms with van der Waals surface area (Å²) in [6, 6.07) is 4.03. The standard InChI is InChI=1S/C12H18N2O2S/c1-14(8-10-3-2-6-17-10)12(15)11-5-4-9(7-13)16-11/h2-3,6,9,11H,4-5,7-8,13H2,1H3/t9-,11+/m1/s1. The fourth-order valence-corrected chi connectivity index (χ4v) is 2.78. The highest BCUT2D eigenvalue weighted by molar-refractivity contribution is 7.09. The minimum Gasteiger partial charge on any atom is -0.364 e. The number of hydrogen-bond donors (Lipinski definition) is 1. The van der Waals surface area contributed by atoms with Gasteiger partial charge in [0, 0.05) is 18.5 Å². The molecule has 1 amide bonds. The van der Waals surface area contributed by atoms with Crippen LogP contribution >= 0.6 is 11.3 Å². The van der Waals surface area contributed by atoms with Crippen molar-refractivity contribution < 1.29 is 9.53 Å². The summed E-state index contributed by atoms with van der Waals surface area (Å²) in [5.41, 5.74) is 5.53. The minimum atomic E-state index is -0.298. The summed E-state index contributed by atoms with van der Waals surface area (Å²) >= 11 is 1.66. The van der Waals surface area contributed by atoms with Crippen LogP contribution in [0.3, 0.4) is 0 Å². The van der Waals surface area contributed by atoms with Crippen LogP contribution in [-0.4, -0.2) is 36.6 Å². The van der Waals surface area contributed by atoms with Gasteiger partial charge in [0.15, 0.2) is 0 Å². The molecule has 1 saturated heterocycles. The first-order chi connectivity index (χ1) is 8.20. The van der Waals surface area contributed by atoms with Crippen LogP contribution in [0, 0.1) is 0 Å². The van der Waals surface area contributed by atoms with Crippen LogP contribution in [0.4, 0.5) is 0 Å². The molecule has 1 aromatic rings. The van der Waals surface area contributed by atoms with E-state index in [1.807, 2.05) is 24.6 Å². The smallest absolute Gasteiger partial charge is 0.251 e. The van der Waals surface area contributed by atoms with Crippen LogP contribution < -0.4 is 5.73 Å². The molecule has 94 valence electrons. The van der Waals surface area contributed by atoms with E-state index in [1.54, 1.807) is 16.2 Å². The monoisotopic (exact) mass is 254 g/mol. The second-order valence-electron chi connectivity index (χ2n) is 4.33. The molecule has 1 aliphatic heterocycles. The Kier molecular flexibility index (Phi) is 4.15. The third-order valence-electron chi connectivity index (χ3n) is 3.00. The second kappa shape index (κ2) is 5.62. The van der Waals surface area contributed by atoms with Crippen molar-refractivity contribution >= 4 is 17.2 Å². The van der Waals surface area contributed by atoms with Gasteiger partial charge in [0.1, 0.15) is 6.10 Å². The van der Waals surface area contributed by atoms with Crippen LogP contribution in [0.2, 0.25) is 0 Å². The largest absolute Gasteiger partial charge is 0.364 e. The molecule has 1 fully saturated rings. The molecule has 0 aliphatic carbocycles. The first kappa shape index (κ1) is 12.5. The molecule has 2 heterocycles. The average molecular weight is 254 g/mol. The van der Waals surface area contributed by atoms with Gasteiger partial charge in [-0.25, -0.2) is 0 Å². The van der Waals surface area contributed by atoms with Gasteiger partial charge < -0.3 is 15.4 Å². The first-order valence-electron chi connectivity index (χ1n) is 5.83. The van der Waals surface area contributed by atoms with E-state index in [4.69, 9.17) is 10.5 Å². The molecule has 1 aliphatic rings. The molecule has 0 radical (unpaired) electrons. The van der Waals surface area contributed by atoms with Crippen LogP contribution in [0.1, 0.15) is 17.7 Å². The van der Waals surface area contributed by atoms with E-state index < -0.39 is 0 Å². The van der Waals surface area contributed by atoms with E-state index in [0.717, 1.165) is 12.8 Å². The van der Waals surface area contributed by atoms with E-state index in [1.165, 1.54) is 4.88 Å². The zero-order valence-electron chi connectivity index (χ0n) is 9.96. The number of thiophene rings is 1. The molecular weight excluding hydrogens is 236 g/mol. The van der Waals surface area contributed by atoms with Crippen molar-refractivity contribution in [2.75, 3.05) is 13.6 Å². The fraction of sp³-hybridized carbons (Fsp3) is 0.583. The zero-order valence-corrected chi connectivity index (χ0v) is 10.8. The van der Waals surface area contributed by atoms with Crippen LogP contribution in [-0.2, 0) is 16.1 Å². The van der Waals surface area contributed by atoms with Gasteiger partial charge in [-0.15, -0.1) is 11.3 Å². The predicted molar refractivity (Wildman–Crippen MR) is 67.7 cm³/mol. The van der Waals surface area contributed by atoms with Gasteiger partial charge in [-0.2, -0.15) is 0 Å². The molecule has 0 aromatic carbocycles. The van der Waals surface area contributed by atoms with Crippen molar-refractivity contribution in [2.24, 2.45) is 5.73 Å². The van der Waals surface area contributed by atoms with Crippen LogP contribution in [0.15, 0.2) is 17.5 Å². The van der Waals surface area contributed by atoms with Gasteiger partial charge in [-0.05, 0) is 24.3 Å².